The van der Waals surface area contributed by atoms with Crippen LogP contribution in [0.15, 0.2) is 24.3 Å². The molecule has 1 amide bonds. The van der Waals surface area contributed by atoms with E-state index in [2.05, 4.69) is 46.8 Å². The second kappa shape index (κ2) is 10.2. The maximum absolute atomic E-state index is 12.1. The zero-order valence-electron chi connectivity index (χ0n) is 19.0. The van der Waals surface area contributed by atoms with Crippen LogP contribution in [0.1, 0.15) is 66.9 Å². The second-order valence-electron chi connectivity index (χ2n) is 9.52. The van der Waals surface area contributed by atoms with Crippen molar-refractivity contribution in [1.82, 2.24) is 4.90 Å². The van der Waals surface area contributed by atoms with Crippen molar-refractivity contribution in [2.75, 3.05) is 13.6 Å². The van der Waals surface area contributed by atoms with Crippen molar-refractivity contribution >= 4 is 32.2 Å². The van der Waals surface area contributed by atoms with Crippen LogP contribution < -0.4 is 5.46 Å². The molecule has 8 heteroatoms. The van der Waals surface area contributed by atoms with Gasteiger partial charge in [0, 0.05) is 34.0 Å². The third-order valence-corrected chi connectivity index (χ3v) is 5.28. The Bertz CT molecular complexity index is 660. The molecular formula is C21H35BNO4PdS-. The third kappa shape index (κ3) is 7.29. The molecule has 1 aliphatic heterocycles. The summed E-state index contributed by atoms with van der Waals surface area (Å²) in [5.41, 5.74) is 0.981. The van der Waals surface area contributed by atoms with Crippen LogP contribution >= 0.6 is 0 Å². The van der Waals surface area contributed by atoms with Gasteiger partial charge in [-0.05, 0) is 65.4 Å². The van der Waals surface area contributed by atoms with E-state index < -0.39 is 5.60 Å². The minimum atomic E-state index is -0.487. The van der Waals surface area contributed by atoms with E-state index in [9.17, 15) is 4.79 Å². The quantitative estimate of drug-likeness (QED) is 0.349. The molecule has 0 bridgehead atoms. The van der Waals surface area contributed by atoms with E-state index >= 15 is 0 Å². The fourth-order valence-electron chi connectivity index (χ4n) is 2.89. The van der Waals surface area contributed by atoms with Crippen molar-refractivity contribution in [1.29, 1.82) is 0 Å². The van der Waals surface area contributed by atoms with Crippen molar-refractivity contribution in [3.63, 3.8) is 0 Å². The molecule has 1 aliphatic rings. The van der Waals surface area contributed by atoms with Gasteiger partial charge in [0.1, 0.15) is 5.60 Å². The van der Waals surface area contributed by atoms with Gasteiger partial charge < -0.3 is 32.4 Å². The van der Waals surface area contributed by atoms with Gasteiger partial charge in [-0.1, -0.05) is 31.2 Å². The van der Waals surface area contributed by atoms with Crippen LogP contribution in [-0.4, -0.2) is 48.5 Å². The Hall–Kier alpha value is -0.513. The summed E-state index contributed by atoms with van der Waals surface area (Å²) < 4.78 is 17.6. The summed E-state index contributed by atoms with van der Waals surface area (Å²) in [5.74, 6) is 0.190. The number of likely N-dealkylation sites (N-methyl/N-ethyl adjacent to an activating group) is 1. The predicted molar refractivity (Wildman–Crippen MR) is 118 cm³/mol. The van der Waals surface area contributed by atoms with Crippen LogP contribution in [0, 0.1) is 0 Å². The monoisotopic (exact) mass is 514 g/mol. The molecule has 0 aromatic heterocycles. The SMILES string of the molecule is CC(CN(C)C(=O)OC(C)(C)C)c1ccc(B2OC(C)(C)C(C)(C)O2)cc1.[Pd].[SH-]. The number of hydrogen-bond acceptors (Lipinski definition) is 5. The van der Waals surface area contributed by atoms with E-state index in [-0.39, 0.29) is 64.3 Å². The van der Waals surface area contributed by atoms with E-state index in [0.717, 1.165) is 11.0 Å². The largest absolute Gasteiger partial charge is 0.813 e. The number of rotatable bonds is 4. The molecule has 0 spiro atoms. The van der Waals surface area contributed by atoms with Crippen molar-refractivity contribution in [3.05, 3.63) is 29.8 Å². The molecule has 1 unspecified atom stereocenters. The smallest absolute Gasteiger partial charge is 0.494 e. The summed E-state index contributed by atoms with van der Waals surface area (Å²) in [4.78, 5) is 13.8. The van der Waals surface area contributed by atoms with Crippen LogP contribution in [0.5, 0.6) is 0 Å². The molecule has 1 fully saturated rings. The first-order valence-electron chi connectivity index (χ1n) is 9.61. The summed E-state index contributed by atoms with van der Waals surface area (Å²) >= 11 is 0. The maximum atomic E-state index is 12.1. The van der Waals surface area contributed by atoms with Crippen molar-refractivity contribution in [2.45, 2.75) is 78.1 Å². The molecule has 0 saturated carbocycles. The average molecular weight is 515 g/mol. The van der Waals surface area contributed by atoms with Gasteiger partial charge in [-0.15, -0.1) is 0 Å². The summed E-state index contributed by atoms with van der Waals surface area (Å²) in [7, 11) is 1.41. The number of carbonyl (C=O) groups is 1. The average Bonchev–Trinajstić information content (AvgIpc) is 2.73. The molecule has 0 N–H and O–H groups in total. The van der Waals surface area contributed by atoms with Crippen molar-refractivity contribution in [2.24, 2.45) is 0 Å². The molecule has 0 aliphatic carbocycles. The topological polar surface area (TPSA) is 48.0 Å². The molecule has 29 heavy (non-hydrogen) atoms. The molecule has 1 heterocycles. The number of ether oxygens (including phenoxy) is 1. The van der Waals surface area contributed by atoms with Crippen LogP contribution in [-0.2, 0) is 48.0 Å². The molecule has 168 valence electrons. The van der Waals surface area contributed by atoms with Gasteiger partial charge in [0.05, 0.1) is 11.2 Å². The number of benzene rings is 1. The van der Waals surface area contributed by atoms with Gasteiger partial charge in [0.2, 0.25) is 0 Å². The van der Waals surface area contributed by atoms with Crippen molar-refractivity contribution < 1.29 is 39.3 Å². The van der Waals surface area contributed by atoms with Gasteiger partial charge in [0.15, 0.2) is 0 Å². The number of carbonyl (C=O) groups excluding carboxylic acids is 1. The van der Waals surface area contributed by atoms with E-state index in [4.69, 9.17) is 14.0 Å². The minimum absolute atomic E-state index is 0. The molecule has 5 nitrogen and oxygen atoms in total. The predicted octanol–water partition coefficient (Wildman–Crippen LogP) is 3.68. The number of thiol groups is 1. The minimum Gasteiger partial charge on any atom is -0.813 e. The first-order chi connectivity index (χ1) is 12.2. The summed E-state index contributed by atoms with van der Waals surface area (Å²) in [5, 5.41) is 0. The molecule has 1 aromatic rings. The zero-order valence-corrected chi connectivity index (χ0v) is 21.5. The Kier molecular flexibility index (Phi) is 10.0. The second-order valence-corrected chi connectivity index (χ2v) is 9.52. The molecule has 1 atom stereocenters. The summed E-state index contributed by atoms with van der Waals surface area (Å²) in [6.07, 6.45) is -0.303. The fourth-order valence-corrected chi connectivity index (χ4v) is 2.89. The Balaban J connectivity index is 0.00000392. The molecular weight excluding hydrogens is 480 g/mol. The van der Waals surface area contributed by atoms with Gasteiger partial charge in [-0.2, -0.15) is 0 Å². The zero-order chi connectivity index (χ0) is 20.6. The van der Waals surface area contributed by atoms with Crippen LogP contribution in [0.3, 0.4) is 0 Å². The first-order valence-corrected chi connectivity index (χ1v) is 9.61. The summed E-state index contributed by atoms with van der Waals surface area (Å²) in [6.45, 7) is 16.5. The van der Waals surface area contributed by atoms with Crippen LogP contribution in [0.4, 0.5) is 4.79 Å². The van der Waals surface area contributed by atoms with Gasteiger partial charge in [-0.3, -0.25) is 0 Å². The van der Waals surface area contributed by atoms with Gasteiger partial charge in [0.25, 0.3) is 0 Å². The Labute approximate surface area is 197 Å². The first kappa shape index (κ1) is 28.5. The normalized spacial score (nSPS) is 18.3. The Morgan fingerprint density at radius 3 is 1.97 bits per heavy atom. The molecule has 1 aromatic carbocycles. The molecule has 2 rings (SSSR count). The standard InChI is InChI=1S/C21H34BNO4.Pd.H2S/c1-15(14-23(9)18(24)25-19(2,3)4)16-10-12-17(13-11-16)22-26-20(5,6)21(7,8)27-22;;/h10-13,15H,14H2,1-9H3;;1H2/p-1. The van der Waals surface area contributed by atoms with Crippen LogP contribution in [0.2, 0.25) is 0 Å². The maximum Gasteiger partial charge on any atom is 0.494 e. The van der Waals surface area contributed by atoms with Crippen molar-refractivity contribution in [3.8, 4) is 0 Å². The van der Waals surface area contributed by atoms with E-state index in [1.807, 2.05) is 32.9 Å². The van der Waals surface area contributed by atoms with E-state index in [0.29, 0.717) is 6.54 Å². The fraction of sp³-hybridized carbons (Fsp3) is 0.667. The molecule has 1 saturated heterocycles. The van der Waals surface area contributed by atoms with E-state index in [1.165, 1.54) is 0 Å². The number of amides is 1. The third-order valence-electron chi connectivity index (χ3n) is 5.28. The molecule has 0 radical (unpaired) electrons. The summed E-state index contributed by atoms with van der Waals surface area (Å²) in [6, 6.07) is 8.24. The van der Waals surface area contributed by atoms with Gasteiger partial charge in [-0.25, -0.2) is 4.79 Å². The number of hydrogen-bond donors (Lipinski definition) is 0. The number of nitrogens with zero attached hydrogens (tertiary/aromatic N) is 1. The van der Waals surface area contributed by atoms with E-state index in [1.54, 1.807) is 11.9 Å². The van der Waals surface area contributed by atoms with Crippen LogP contribution in [0.25, 0.3) is 0 Å². The van der Waals surface area contributed by atoms with Gasteiger partial charge >= 0.3 is 13.2 Å². The Morgan fingerprint density at radius 1 is 1.10 bits per heavy atom. The Morgan fingerprint density at radius 2 is 1.55 bits per heavy atom.